The van der Waals surface area contributed by atoms with E-state index in [0.717, 1.165) is 0 Å². The van der Waals surface area contributed by atoms with Crippen molar-refractivity contribution in [3.8, 4) is 0 Å². The van der Waals surface area contributed by atoms with E-state index in [1.54, 1.807) is 7.11 Å². The summed E-state index contributed by atoms with van der Waals surface area (Å²) >= 11 is 0. The zero-order valence-electron chi connectivity index (χ0n) is 7.07. The number of fused-ring (bicyclic) bond motifs is 2. The van der Waals surface area contributed by atoms with Crippen molar-refractivity contribution in [3.63, 3.8) is 0 Å². The first-order chi connectivity index (χ1) is 5.83. The smallest absolute Gasteiger partial charge is 0.163 e. The quantitative estimate of drug-likeness (QED) is 0.586. The lowest BCUT2D eigenvalue weighted by atomic mass is 9.91. The molecule has 0 radical (unpaired) electrons. The number of methoxy groups -OCH3 is 1. The maximum absolute atomic E-state index is 11.5. The molecule has 0 unspecified atom stereocenters. The molecule has 0 saturated heterocycles. The highest BCUT2D eigenvalue weighted by Crippen LogP contribution is 2.39. The molecule has 2 bridgehead atoms. The van der Waals surface area contributed by atoms with Crippen LogP contribution < -0.4 is 0 Å². The van der Waals surface area contributed by atoms with Crippen LogP contribution in [0.15, 0.2) is 24.3 Å². The van der Waals surface area contributed by atoms with E-state index in [2.05, 4.69) is 24.3 Å². The molecule has 0 heterocycles. The van der Waals surface area contributed by atoms with Gasteiger partial charge in [-0.25, -0.2) is 0 Å². The summed E-state index contributed by atoms with van der Waals surface area (Å²) in [5.74, 6) is 1.06. The van der Waals surface area contributed by atoms with Crippen molar-refractivity contribution in [2.75, 3.05) is 13.7 Å². The molecule has 2 nitrogen and oxygen atoms in total. The van der Waals surface area contributed by atoms with E-state index < -0.39 is 0 Å². The molecule has 0 N–H and O–H groups in total. The number of carbonyl (C=O) groups excluding carboxylic acids is 1. The number of ketones is 1. The van der Waals surface area contributed by atoms with Crippen LogP contribution in [0.1, 0.15) is 0 Å². The SMILES string of the molecule is COCC(=O)C1C2C=CC1C=C2. The first kappa shape index (κ1) is 7.74. The number of ether oxygens (including phenoxy) is 1. The first-order valence-electron chi connectivity index (χ1n) is 4.21. The van der Waals surface area contributed by atoms with Gasteiger partial charge in [0.25, 0.3) is 0 Å². The minimum Gasteiger partial charge on any atom is -0.377 e. The van der Waals surface area contributed by atoms with Crippen LogP contribution in [0.2, 0.25) is 0 Å². The maximum Gasteiger partial charge on any atom is 0.163 e. The normalized spacial score (nSPS) is 36.2. The van der Waals surface area contributed by atoms with Crippen LogP contribution in [-0.2, 0) is 9.53 Å². The van der Waals surface area contributed by atoms with Crippen LogP contribution >= 0.6 is 0 Å². The Balaban J connectivity index is 2.04. The third kappa shape index (κ3) is 1.03. The summed E-state index contributed by atoms with van der Waals surface area (Å²) in [6, 6.07) is 0. The van der Waals surface area contributed by atoms with Gasteiger partial charge >= 0.3 is 0 Å². The molecule has 0 saturated carbocycles. The summed E-state index contributed by atoms with van der Waals surface area (Å²) in [6.45, 7) is 0.251. The molecule has 0 aromatic rings. The fraction of sp³-hybridized carbons (Fsp3) is 0.500. The molecule has 2 aliphatic rings. The van der Waals surface area contributed by atoms with Crippen molar-refractivity contribution in [3.05, 3.63) is 24.3 Å². The molecular formula is C10H12O2. The van der Waals surface area contributed by atoms with Crippen LogP contribution in [0.3, 0.4) is 0 Å². The van der Waals surface area contributed by atoms with Crippen molar-refractivity contribution in [2.45, 2.75) is 0 Å². The number of rotatable bonds is 3. The van der Waals surface area contributed by atoms with Gasteiger partial charge in [0.15, 0.2) is 5.78 Å². The Hall–Kier alpha value is -0.890. The Bertz CT molecular complexity index is 223. The summed E-state index contributed by atoms with van der Waals surface area (Å²) in [5, 5.41) is 0. The zero-order chi connectivity index (χ0) is 8.55. The van der Waals surface area contributed by atoms with Gasteiger partial charge in [0.05, 0.1) is 0 Å². The van der Waals surface area contributed by atoms with E-state index in [4.69, 9.17) is 4.74 Å². The van der Waals surface area contributed by atoms with Gasteiger partial charge in [0, 0.05) is 24.9 Å². The molecule has 0 atom stereocenters. The Morgan fingerprint density at radius 3 is 2.17 bits per heavy atom. The van der Waals surface area contributed by atoms with Gasteiger partial charge < -0.3 is 4.74 Å². The predicted molar refractivity (Wildman–Crippen MR) is 45.6 cm³/mol. The number of allylic oxidation sites excluding steroid dienone is 4. The van der Waals surface area contributed by atoms with Crippen LogP contribution in [-0.4, -0.2) is 19.5 Å². The molecule has 0 aromatic carbocycles. The fourth-order valence-electron chi connectivity index (χ4n) is 2.04. The van der Waals surface area contributed by atoms with Crippen LogP contribution in [0.4, 0.5) is 0 Å². The topological polar surface area (TPSA) is 26.3 Å². The average molecular weight is 164 g/mol. The third-order valence-electron chi connectivity index (χ3n) is 2.60. The van der Waals surface area contributed by atoms with Crippen LogP contribution in [0.5, 0.6) is 0 Å². The van der Waals surface area contributed by atoms with E-state index in [0.29, 0.717) is 11.8 Å². The van der Waals surface area contributed by atoms with Crippen molar-refractivity contribution in [1.29, 1.82) is 0 Å². The van der Waals surface area contributed by atoms with Gasteiger partial charge in [-0.2, -0.15) is 0 Å². The minimum atomic E-state index is 0.143. The highest BCUT2D eigenvalue weighted by molar-refractivity contribution is 5.85. The second kappa shape index (κ2) is 2.87. The van der Waals surface area contributed by atoms with E-state index in [9.17, 15) is 4.79 Å². The van der Waals surface area contributed by atoms with E-state index >= 15 is 0 Å². The van der Waals surface area contributed by atoms with Crippen LogP contribution in [0.25, 0.3) is 0 Å². The molecule has 0 fully saturated rings. The Morgan fingerprint density at radius 1 is 1.25 bits per heavy atom. The van der Waals surface area contributed by atoms with Gasteiger partial charge in [-0.3, -0.25) is 4.79 Å². The van der Waals surface area contributed by atoms with E-state index in [1.807, 2.05) is 0 Å². The van der Waals surface area contributed by atoms with Gasteiger partial charge in [-0.05, 0) is 0 Å². The van der Waals surface area contributed by atoms with Gasteiger partial charge in [-0.15, -0.1) is 0 Å². The number of hydrogen-bond donors (Lipinski definition) is 0. The summed E-state index contributed by atoms with van der Waals surface area (Å²) in [7, 11) is 1.57. The molecule has 2 heteroatoms. The Kier molecular flexibility index (Phi) is 1.85. The third-order valence-corrected chi connectivity index (χ3v) is 2.60. The van der Waals surface area contributed by atoms with E-state index in [-0.39, 0.29) is 18.3 Å². The highest BCUT2D eigenvalue weighted by atomic mass is 16.5. The molecule has 64 valence electrons. The molecule has 0 amide bonds. The summed E-state index contributed by atoms with van der Waals surface area (Å²) in [6.07, 6.45) is 8.46. The fourth-order valence-corrected chi connectivity index (χ4v) is 2.04. The summed E-state index contributed by atoms with van der Waals surface area (Å²) in [5.41, 5.74) is 0. The zero-order valence-corrected chi connectivity index (χ0v) is 7.07. The average Bonchev–Trinajstić information content (AvgIpc) is 2.62. The molecule has 0 spiro atoms. The second-order valence-corrected chi connectivity index (χ2v) is 3.35. The highest BCUT2D eigenvalue weighted by Gasteiger charge is 2.37. The molecule has 0 aromatic heterocycles. The minimum absolute atomic E-state index is 0.143. The lowest BCUT2D eigenvalue weighted by molar-refractivity contribution is -0.127. The Morgan fingerprint density at radius 2 is 1.75 bits per heavy atom. The second-order valence-electron chi connectivity index (χ2n) is 3.35. The van der Waals surface area contributed by atoms with E-state index in [1.165, 1.54) is 0 Å². The van der Waals surface area contributed by atoms with Crippen molar-refractivity contribution in [2.24, 2.45) is 17.8 Å². The van der Waals surface area contributed by atoms with Crippen molar-refractivity contribution < 1.29 is 9.53 Å². The molecule has 2 aliphatic carbocycles. The number of carbonyl (C=O) groups is 1. The van der Waals surface area contributed by atoms with Crippen molar-refractivity contribution >= 4 is 5.78 Å². The monoisotopic (exact) mass is 164 g/mol. The predicted octanol–water partition coefficient (Wildman–Crippen LogP) is 1.19. The molecule has 2 rings (SSSR count). The summed E-state index contributed by atoms with van der Waals surface area (Å²) in [4.78, 5) is 11.5. The lowest BCUT2D eigenvalue weighted by Gasteiger charge is -2.13. The van der Waals surface area contributed by atoms with Gasteiger partial charge in [0.1, 0.15) is 6.61 Å². The number of Topliss-reactive ketones (excluding diaryl/α,β-unsaturated/α-hetero) is 1. The standard InChI is InChI=1S/C10H12O2/c1-12-6-9(11)10-7-2-3-8(10)5-4-7/h2-5,7-8,10H,6H2,1H3. The molecule has 0 aliphatic heterocycles. The van der Waals surface area contributed by atoms with Gasteiger partial charge in [-0.1, -0.05) is 24.3 Å². The summed E-state index contributed by atoms with van der Waals surface area (Å²) < 4.78 is 4.84. The maximum atomic E-state index is 11.5. The Labute approximate surface area is 71.9 Å². The largest absolute Gasteiger partial charge is 0.377 e. The lowest BCUT2D eigenvalue weighted by Crippen LogP contribution is -2.23. The van der Waals surface area contributed by atoms with Crippen LogP contribution in [0, 0.1) is 17.8 Å². The molecular weight excluding hydrogens is 152 g/mol. The van der Waals surface area contributed by atoms with Gasteiger partial charge in [0.2, 0.25) is 0 Å². The number of hydrogen-bond acceptors (Lipinski definition) is 2. The van der Waals surface area contributed by atoms with Crippen molar-refractivity contribution in [1.82, 2.24) is 0 Å². The molecule has 12 heavy (non-hydrogen) atoms. The first-order valence-corrected chi connectivity index (χ1v) is 4.21.